The number of aromatic nitrogens is 1. The van der Waals surface area contributed by atoms with E-state index in [1.807, 2.05) is 0 Å². The van der Waals surface area contributed by atoms with E-state index in [0.29, 0.717) is 11.3 Å². The molecule has 0 aliphatic heterocycles. The van der Waals surface area contributed by atoms with Crippen molar-refractivity contribution < 1.29 is 87.7 Å². The standard InChI is InChI=1S/C10H8N3O7PS.2Na/c14-9(12-10-11-5-8(22-10)13(15)16)6-3-1-2-4-7(6)20-21(17,18)19;;/h1-5H,(H,11,12,14)(H2,17,18,19);;/q;2*+1/p-2. The van der Waals surface area contributed by atoms with Gasteiger partial charge in [0.1, 0.15) is 19.8 Å². The average molecular weight is 389 g/mol. The third-order valence-corrected chi connectivity index (χ3v) is 3.52. The largest absolute Gasteiger partial charge is 1.00 e. The second-order valence-electron chi connectivity index (χ2n) is 3.75. The predicted octanol–water partition coefficient (Wildman–Crippen LogP) is -5.48. The Balaban J connectivity index is 0.00000264. The summed E-state index contributed by atoms with van der Waals surface area (Å²) in [5.74, 6) is -1.27. The van der Waals surface area contributed by atoms with E-state index in [1.165, 1.54) is 18.2 Å². The van der Waals surface area contributed by atoms with Crippen LogP contribution in [0.4, 0.5) is 10.1 Å². The molecule has 1 heterocycles. The molecular weight excluding hydrogens is 383 g/mol. The molecule has 0 unspecified atom stereocenters. The Bertz CT molecular complexity index is 781. The Morgan fingerprint density at radius 1 is 1.29 bits per heavy atom. The fourth-order valence-electron chi connectivity index (χ4n) is 1.43. The number of nitrogens with zero attached hydrogens (tertiary/aromatic N) is 2. The molecule has 0 bridgehead atoms. The van der Waals surface area contributed by atoms with Gasteiger partial charge in [-0.2, -0.15) is 0 Å². The predicted molar refractivity (Wildman–Crippen MR) is 71.4 cm³/mol. The van der Waals surface area contributed by atoms with E-state index in [1.54, 1.807) is 0 Å². The molecule has 24 heavy (non-hydrogen) atoms. The first kappa shape index (κ1) is 23.7. The molecule has 0 aliphatic rings. The maximum Gasteiger partial charge on any atom is 1.00 e. The summed E-state index contributed by atoms with van der Waals surface area (Å²) in [6.07, 6.45) is 0.964. The normalized spacial score (nSPS) is 10.1. The number of nitrogens with one attached hydrogen (secondary N) is 1. The van der Waals surface area contributed by atoms with Crippen molar-refractivity contribution in [2.45, 2.75) is 0 Å². The van der Waals surface area contributed by atoms with Crippen LogP contribution < -0.4 is 78.7 Å². The number of nitro groups is 1. The second kappa shape index (κ2) is 9.97. The molecule has 1 aromatic carbocycles. The number of benzene rings is 1. The summed E-state index contributed by atoms with van der Waals surface area (Å²) in [4.78, 5) is 46.8. The van der Waals surface area contributed by atoms with Crippen LogP contribution in [0.2, 0.25) is 0 Å². The Kier molecular flexibility index (Phi) is 9.84. The van der Waals surface area contributed by atoms with Gasteiger partial charge in [-0.05, 0) is 23.5 Å². The number of para-hydroxylation sites is 1. The maximum atomic E-state index is 12.0. The molecule has 0 saturated carbocycles. The summed E-state index contributed by atoms with van der Waals surface area (Å²) >= 11 is 0.622. The molecule has 0 aliphatic carbocycles. The van der Waals surface area contributed by atoms with Crippen LogP contribution >= 0.6 is 19.2 Å². The summed E-state index contributed by atoms with van der Waals surface area (Å²) in [5, 5.41) is 12.4. The summed E-state index contributed by atoms with van der Waals surface area (Å²) in [7, 11) is -5.33. The van der Waals surface area contributed by atoms with Gasteiger partial charge in [0.25, 0.3) is 5.91 Å². The van der Waals surface area contributed by atoms with Crippen molar-refractivity contribution in [1.82, 2.24) is 4.98 Å². The quantitative estimate of drug-likeness (QED) is 0.230. The number of anilines is 1. The summed E-state index contributed by atoms with van der Waals surface area (Å²) < 4.78 is 14.8. The summed E-state index contributed by atoms with van der Waals surface area (Å²) in [6.45, 7) is 0. The van der Waals surface area contributed by atoms with Crippen molar-refractivity contribution in [3.8, 4) is 5.75 Å². The SMILES string of the molecule is O=C(Nc1ncc([N+](=O)[O-])s1)c1ccccc1OP(=O)([O-])[O-].[Na+].[Na+]. The number of hydrogen-bond donors (Lipinski definition) is 1. The summed E-state index contributed by atoms with van der Waals surface area (Å²) in [6, 6.07) is 5.15. The molecule has 0 radical (unpaired) electrons. The van der Waals surface area contributed by atoms with Crippen LogP contribution in [-0.4, -0.2) is 15.8 Å². The fraction of sp³-hybridized carbons (Fsp3) is 0. The van der Waals surface area contributed by atoms with E-state index >= 15 is 0 Å². The minimum Gasteiger partial charge on any atom is -0.780 e. The van der Waals surface area contributed by atoms with Crippen LogP contribution in [0.15, 0.2) is 30.5 Å². The van der Waals surface area contributed by atoms with Gasteiger partial charge in [0.2, 0.25) is 0 Å². The molecule has 1 aromatic heterocycles. The number of amides is 1. The van der Waals surface area contributed by atoms with Gasteiger partial charge in [-0.25, -0.2) is 4.98 Å². The smallest absolute Gasteiger partial charge is 0.780 e. The number of rotatable bonds is 5. The van der Waals surface area contributed by atoms with Crippen molar-refractivity contribution in [2.75, 3.05) is 5.32 Å². The maximum absolute atomic E-state index is 12.0. The number of phosphoric acid groups is 1. The van der Waals surface area contributed by atoms with Gasteiger partial charge < -0.3 is 18.9 Å². The van der Waals surface area contributed by atoms with Crippen LogP contribution in [-0.2, 0) is 4.57 Å². The molecule has 0 spiro atoms. The van der Waals surface area contributed by atoms with Gasteiger partial charge in [-0.1, -0.05) is 12.1 Å². The number of carbonyl (C=O) groups excluding carboxylic acids is 1. The zero-order valence-corrected chi connectivity index (χ0v) is 18.2. The van der Waals surface area contributed by atoms with Crippen LogP contribution in [0.5, 0.6) is 5.75 Å². The first-order valence-electron chi connectivity index (χ1n) is 5.48. The molecule has 1 N–H and O–H groups in total. The van der Waals surface area contributed by atoms with Gasteiger partial charge in [-0.15, -0.1) is 0 Å². The van der Waals surface area contributed by atoms with Gasteiger partial charge in [0, 0.05) is 0 Å². The van der Waals surface area contributed by atoms with E-state index in [9.17, 15) is 29.3 Å². The summed E-state index contributed by atoms with van der Waals surface area (Å²) in [5.41, 5.74) is -0.229. The minimum atomic E-state index is -5.33. The molecule has 10 nitrogen and oxygen atoms in total. The second-order valence-corrected chi connectivity index (χ2v) is 5.84. The molecular formula is C10H6N3Na2O7PS. The molecule has 2 aromatic rings. The number of hydrogen-bond acceptors (Lipinski definition) is 9. The van der Waals surface area contributed by atoms with E-state index in [0.717, 1.165) is 12.3 Å². The Hall–Kier alpha value is -0.330. The average Bonchev–Trinajstić information content (AvgIpc) is 2.86. The zero-order chi connectivity index (χ0) is 16.3. The number of phosphoric ester groups is 1. The van der Waals surface area contributed by atoms with Crippen molar-refractivity contribution in [1.29, 1.82) is 0 Å². The molecule has 1 amide bonds. The van der Waals surface area contributed by atoms with Gasteiger partial charge in [-0.3, -0.25) is 20.2 Å². The molecule has 2 rings (SSSR count). The van der Waals surface area contributed by atoms with Crippen LogP contribution in [0.3, 0.4) is 0 Å². The van der Waals surface area contributed by atoms with E-state index in [4.69, 9.17) is 0 Å². The first-order chi connectivity index (χ1) is 10.3. The molecule has 0 saturated heterocycles. The Morgan fingerprint density at radius 3 is 2.46 bits per heavy atom. The molecule has 0 atom stereocenters. The minimum absolute atomic E-state index is 0. The first-order valence-corrected chi connectivity index (χ1v) is 7.76. The molecule has 116 valence electrons. The van der Waals surface area contributed by atoms with Crippen LogP contribution in [0.25, 0.3) is 0 Å². The molecule has 0 fully saturated rings. The third kappa shape index (κ3) is 6.89. The van der Waals surface area contributed by atoms with Crippen LogP contribution in [0.1, 0.15) is 10.4 Å². The van der Waals surface area contributed by atoms with Gasteiger partial charge >= 0.3 is 64.1 Å². The third-order valence-electron chi connectivity index (χ3n) is 2.24. The van der Waals surface area contributed by atoms with Gasteiger partial charge in [0.05, 0.1) is 10.5 Å². The van der Waals surface area contributed by atoms with Crippen molar-refractivity contribution in [3.63, 3.8) is 0 Å². The van der Waals surface area contributed by atoms with E-state index in [-0.39, 0.29) is 74.8 Å². The fourth-order valence-corrected chi connectivity index (χ4v) is 2.45. The Morgan fingerprint density at radius 2 is 1.92 bits per heavy atom. The van der Waals surface area contributed by atoms with Crippen LogP contribution in [0, 0.1) is 10.1 Å². The molecule has 14 heteroatoms. The number of carbonyl (C=O) groups is 1. The van der Waals surface area contributed by atoms with Crippen molar-refractivity contribution in [2.24, 2.45) is 0 Å². The Labute approximate surface area is 183 Å². The van der Waals surface area contributed by atoms with E-state index < -0.39 is 24.4 Å². The monoisotopic (exact) mass is 389 g/mol. The van der Waals surface area contributed by atoms with E-state index in [2.05, 4.69) is 14.8 Å². The van der Waals surface area contributed by atoms with Crippen molar-refractivity contribution in [3.05, 3.63) is 46.1 Å². The number of thiazole rings is 1. The zero-order valence-electron chi connectivity index (χ0n) is 12.5. The topological polar surface area (TPSA) is 158 Å². The van der Waals surface area contributed by atoms with Crippen molar-refractivity contribution >= 4 is 35.2 Å². The van der Waals surface area contributed by atoms with Gasteiger partial charge in [0.15, 0.2) is 5.13 Å².